The van der Waals surface area contributed by atoms with Crippen LogP contribution in [0.5, 0.6) is 0 Å². The minimum absolute atomic E-state index is 0.0359. The maximum Gasteiger partial charge on any atom is 0.411 e. The molecule has 0 radical (unpaired) electrons. The third-order valence-electron chi connectivity index (χ3n) is 2.75. The Hall–Kier alpha value is -1.37. The average molecular weight is 276 g/mol. The van der Waals surface area contributed by atoms with E-state index >= 15 is 0 Å². The first-order chi connectivity index (χ1) is 8.65. The first-order valence-corrected chi connectivity index (χ1v) is 6.11. The van der Waals surface area contributed by atoms with E-state index in [1.54, 1.807) is 20.8 Å². The number of hydrogen-bond donors (Lipinski definition) is 0. The van der Waals surface area contributed by atoms with Crippen LogP contribution in [0.4, 0.5) is 9.18 Å². The van der Waals surface area contributed by atoms with E-state index in [4.69, 9.17) is 9.57 Å². The van der Waals surface area contributed by atoms with Crippen molar-refractivity contribution < 1.29 is 23.6 Å². The molecule has 0 spiro atoms. The molecule has 1 heterocycles. The second kappa shape index (κ2) is 5.73. The third-order valence-corrected chi connectivity index (χ3v) is 2.75. The van der Waals surface area contributed by atoms with Crippen LogP contribution in [0.25, 0.3) is 0 Å². The lowest BCUT2D eigenvalue weighted by Crippen LogP contribution is -2.47. The standard InChI is InChI=1S/C12H21FN2O4/c1-12(2,3)19-11(17)15-7-8(13)6-9(15)10(16)14(4)18-5/h8-9H,6-7H2,1-5H3/t8-,9+/m1/s1. The normalized spacial score (nSPS) is 23.4. The Morgan fingerprint density at radius 3 is 2.42 bits per heavy atom. The maximum absolute atomic E-state index is 13.5. The van der Waals surface area contributed by atoms with Gasteiger partial charge < -0.3 is 4.74 Å². The van der Waals surface area contributed by atoms with Gasteiger partial charge in [0.1, 0.15) is 17.8 Å². The highest BCUT2D eigenvalue weighted by Crippen LogP contribution is 2.24. The van der Waals surface area contributed by atoms with Crippen LogP contribution in [0, 0.1) is 0 Å². The molecule has 110 valence electrons. The van der Waals surface area contributed by atoms with Crippen LogP contribution < -0.4 is 0 Å². The molecule has 1 saturated heterocycles. The van der Waals surface area contributed by atoms with Crippen LogP contribution >= 0.6 is 0 Å². The topological polar surface area (TPSA) is 59.1 Å². The summed E-state index contributed by atoms with van der Waals surface area (Å²) < 4.78 is 18.7. The molecule has 1 fully saturated rings. The Morgan fingerprint density at radius 1 is 1.37 bits per heavy atom. The molecular formula is C12H21FN2O4. The van der Waals surface area contributed by atoms with Crippen LogP contribution in [0.2, 0.25) is 0 Å². The van der Waals surface area contributed by atoms with Crippen molar-refractivity contribution in [2.45, 2.75) is 45.0 Å². The van der Waals surface area contributed by atoms with Crippen molar-refractivity contribution in [3.05, 3.63) is 0 Å². The highest BCUT2D eigenvalue weighted by Gasteiger charge is 2.42. The number of rotatable bonds is 2. The first kappa shape index (κ1) is 15.7. The molecule has 0 unspecified atom stereocenters. The van der Waals surface area contributed by atoms with Gasteiger partial charge in [-0.2, -0.15) is 0 Å². The second-order valence-corrected chi connectivity index (χ2v) is 5.50. The van der Waals surface area contributed by atoms with Gasteiger partial charge in [-0.15, -0.1) is 0 Å². The molecule has 7 heteroatoms. The summed E-state index contributed by atoms with van der Waals surface area (Å²) in [4.78, 5) is 29.8. The van der Waals surface area contributed by atoms with E-state index in [1.807, 2.05) is 0 Å². The van der Waals surface area contributed by atoms with Gasteiger partial charge in [-0.1, -0.05) is 0 Å². The number of likely N-dealkylation sites (N-methyl/N-ethyl adjacent to an activating group) is 1. The van der Waals surface area contributed by atoms with E-state index < -0.39 is 29.8 Å². The van der Waals surface area contributed by atoms with Gasteiger partial charge in [0, 0.05) is 13.5 Å². The highest BCUT2D eigenvalue weighted by molar-refractivity contribution is 5.85. The largest absolute Gasteiger partial charge is 0.444 e. The summed E-state index contributed by atoms with van der Waals surface area (Å²) in [5.41, 5.74) is -0.688. The number of carbonyl (C=O) groups is 2. The third kappa shape index (κ3) is 4.05. The van der Waals surface area contributed by atoms with Crippen LogP contribution in [0.1, 0.15) is 27.2 Å². The van der Waals surface area contributed by atoms with Crippen molar-refractivity contribution in [2.24, 2.45) is 0 Å². The van der Waals surface area contributed by atoms with Crippen molar-refractivity contribution >= 4 is 12.0 Å². The maximum atomic E-state index is 13.5. The fraction of sp³-hybridized carbons (Fsp3) is 0.833. The average Bonchev–Trinajstić information content (AvgIpc) is 2.67. The van der Waals surface area contributed by atoms with Gasteiger partial charge >= 0.3 is 6.09 Å². The van der Waals surface area contributed by atoms with Gasteiger partial charge in [-0.05, 0) is 20.8 Å². The van der Waals surface area contributed by atoms with Crippen LogP contribution in [0.15, 0.2) is 0 Å². The SMILES string of the molecule is CON(C)C(=O)[C@@H]1C[C@@H](F)CN1C(=O)OC(C)(C)C. The lowest BCUT2D eigenvalue weighted by molar-refractivity contribution is -0.173. The zero-order valence-corrected chi connectivity index (χ0v) is 12.0. The quantitative estimate of drug-likeness (QED) is 0.714. The minimum Gasteiger partial charge on any atom is -0.444 e. The predicted octanol–water partition coefficient (Wildman–Crippen LogP) is 1.35. The fourth-order valence-electron chi connectivity index (χ4n) is 1.84. The molecule has 0 aromatic heterocycles. The molecule has 0 bridgehead atoms. The molecule has 0 aromatic carbocycles. The molecule has 2 atom stereocenters. The molecule has 1 aliphatic heterocycles. The second-order valence-electron chi connectivity index (χ2n) is 5.50. The summed E-state index contributed by atoms with van der Waals surface area (Å²) in [6.07, 6.45) is -1.95. The fourth-order valence-corrected chi connectivity index (χ4v) is 1.84. The first-order valence-electron chi connectivity index (χ1n) is 6.11. The Bertz CT molecular complexity index is 356. The highest BCUT2D eigenvalue weighted by atomic mass is 19.1. The van der Waals surface area contributed by atoms with Crippen molar-refractivity contribution in [3.8, 4) is 0 Å². The molecule has 0 N–H and O–H groups in total. The van der Waals surface area contributed by atoms with Gasteiger partial charge in [-0.3, -0.25) is 14.5 Å². The van der Waals surface area contributed by atoms with Crippen molar-refractivity contribution in [1.82, 2.24) is 9.96 Å². The Kier molecular flexibility index (Phi) is 4.73. The van der Waals surface area contributed by atoms with E-state index in [0.717, 1.165) is 9.96 Å². The molecule has 19 heavy (non-hydrogen) atoms. The molecule has 1 rings (SSSR count). The van der Waals surface area contributed by atoms with E-state index in [9.17, 15) is 14.0 Å². The number of likely N-dealkylation sites (tertiary alicyclic amines) is 1. The molecule has 0 aliphatic carbocycles. The van der Waals surface area contributed by atoms with Crippen molar-refractivity contribution in [2.75, 3.05) is 20.7 Å². The van der Waals surface area contributed by atoms with Crippen LogP contribution in [-0.4, -0.2) is 60.5 Å². The van der Waals surface area contributed by atoms with E-state index in [1.165, 1.54) is 14.2 Å². The van der Waals surface area contributed by atoms with Crippen molar-refractivity contribution in [1.29, 1.82) is 0 Å². The zero-order chi connectivity index (χ0) is 14.8. The van der Waals surface area contributed by atoms with E-state index in [2.05, 4.69) is 0 Å². The number of hydroxylamine groups is 2. The zero-order valence-electron chi connectivity index (χ0n) is 12.0. The number of carbonyl (C=O) groups excluding carboxylic acids is 2. The van der Waals surface area contributed by atoms with E-state index in [-0.39, 0.29) is 13.0 Å². The number of amides is 2. The monoisotopic (exact) mass is 276 g/mol. The number of halogens is 1. The Morgan fingerprint density at radius 2 is 1.95 bits per heavy atom. The Labute approximate surface area is 112 Å². The minimum atomic E-state index is -1.23. The van der Waals surface area contributed by atoms with Crippen molar-refractivity contribution in [3.63, 3.8) is 0 Å². The summed E-state index contributed by atoms with van der Waals surface area (Å²) >= 11 is 0. The number of nitrogens with zero attached hydrogens (tertiary/aromatic N) is 2. The van der Waals surface area contributed by atoms with Gasteiger partial charge in [0.15, 0.2) is 0 Å². The number of ether oxygens (including phenoxy) is 1. The summed E-state index contributed by atoms with van der Waals surface area (Å²) in [6.45, 7) is 5.01. The number of hydrogen-bond acceptors (Lipinski definition) is 4. The molecule has 0 saturated carbocycles. The Balaban J connectivity index is 2.80. The summed E-state index contributed by atoms with van der Waals surface area (Å²) in [5, 5.41) is 0.986. The summed E-state index contributed by atoms with van der Waals surface area (Å²) in [6, 6.07) is -0.880. The predicted molar refractivity (Wildman–Crippen MR) is 66.0 cm³/mol. The molecule has 1 aliphatic rings. The lowest BCUT2D eigenvalue weighted by Gasteiger charge is -2.29. The van der Waals surface area contributed by atoms with E-state index in [0.29, 0.717) is 0 Å². The smallest absolute Gasteiger partial charge is 0.411 e. The van der Waals surface area contributed by atoms with Gasteiger partial charge in [0.25, 0.3) is 5.91 Å². The van der Waals surface area contributed by atoms with Crippen LogP contribution in [-0.2, 0) is 14.4 Å². The van der Waals surface area contributed by atoms with Crippen LogP contribution in [0.3, 0.4) is 0 Å². The van der Waals surface area contributed by atoms with Gasteiger partial charge in [-0.25, -0.2) is 14.2 Å². The van der Waals surface area contributed by atoms with Gasteiger partial charge in [0.2, 0.25) is 0 Å². The molecule has 0 aromatic rings. The van der Waals surface area contributed by atoms with Gasteiger partial charge in [0.05, 0.1) is 13.7 Å². The lowest BCUT2D eigenvalue weighted by atomic mass is 10.2. The molecule has 6 nitrogen and oxygen atoms in total. The summed E-state index contributed by atoms with van der Waals surface area (Å²) in [7, 11) is 2.75. The molecular weight excluding hydrogens is 255 g/mol. The number of alkyl halides is 1. The molecule has 2 amide bonds. The summed E-state index contributed by atoms with van der Waals surface area (Å²) in [5.74, 6) is -0.464.